The highest BCUT2D eigenvalue weighted by atomic mass is 32.2. The number of rotatable bonds is 4. The van der Waals surface area contributed by atoms with E-state index in [1.165, 1.54) is 12.3 Å². The molecule has 2 atom stereocenters. The number of nitrogens with one attached hydrogen (secondary N) is 1. The molecule has 2 aromatic rings. The summed E-state index contributed by atoms with van der Waals surface area (Å²) in [6.07, 6.45) is -4.23. The van der Waals surface area contributed by atoms with Gasteiger partial charge in [0.1, 0.15) is 5.65 Å². The molecule has 28 heavy (non-hydrogen) atoms. The zero-order valence-electron chi connectivity index (χ0n) is 22.4. The van der Waals surface area contributed by atoms with Gasteiger partial charge in [0.25, 0.3) is 5.56 Å². The van der Waals surface area contributed by atoms with Crippen molar-refractivity contribution in [2.24, 2.45) is 5.92 Å². The third-order valence-electron chi connectivity index (χ3n) is 5.37. The normalized spacial score (nSPS) is 32.4. The summed E-state index contributed by atoms with van der Waals surface area (Å²) in [5, 5.41) is 3.26. The Morgan fingerprint density at radius 2 is 2.07 bits per heavy atom. The quantitative estimate of drug-likeness (QED) is 0.825. The Kier molecular flexibility index (Phi) is 3.33. The number of anilines is 1. The van der Waals surface area contributed by atoms with Gasteiger partial charge in [-0.25, -0.2) is 17.7 Å². The summed E-state index contributed by atoms with van der Waals surface area (Å²) in [6, 6.07) is 1.39. The van der Waals surface area contributed by atoms with Crippen LogP contribution in [0.1, 0.15) is 54.6 Å². The maximum atomic E-state index is 12.7. The summed E-state index contributed by atoms with van der Waals surface area (Å²) < 4.78 is 81.9. The maximum Gasteiger partial charge on any atom is 0.252 e. The zero-order valence-corrected chi connectivity index (χ0v) is 16.2. The van der Waals surface area contributed by atoms with Crippen molar-refractivity contribution in [3.8, 4) is 0 Å². The fraction of sp³-hybridized carbons (Fsp3) is 0.632. The van der Waals surface area contributed by atoms with Crippen LogP contribution < -0.4 is 10.9 Å². The Morgan fingerprint density at radius 3 is 2.75 bits per heavy atom. The summed E-state index contributed by atoms with van der Waals surface area (Å²) >= 11 is 0. The van der Waals surface area contributed by atoms with Crippen LogP contribution in [-0.2, 0) is 10.0 Å². The minimum absolute atomic E-state index is 0.0554. The van der Waals surface area contributed by atoms with Crippen LogP contribution in [0.4, 0.5) is 5.95 Å². The van der Waals surface area contributed by atoms with Crippen LogP contribution in [0, 0.1) is 5.92 Å². The molecule has 0 aromatic carbocycles. The summed E-state index contributed by atoms with van der Waals surface area (Å²) in [5.74, 6) is 0.143. The number of fused-ring (bicyclic) bond motifs is 1. The molecule has 3 heterocycles. The van der Waals surface area contributed by atoms with Crippen LogP contribution in [0.5, 0.6) is 0 Å². The van der Waals surface area contributed by atoms with Gasteiger partial charge >= 0.3 is 0 Å². The van der Waals surface area contributed by atoms with E-state index < -0.39 is 48.1 Å². The van der Waals surface area contributed by atoms with Crippen LogP contribution in [0.3, 0.4) is 0 Å². The maximum absolute atomic E-state index is 12.7. The number of nitrogens with zero attached hydrogens (tertiary/aromatic N) is 4. The van der Waals surface area contributed by atoms with Crippen molar-refractivity contribution >= 4 is 27.0 Å². The smallest absolute Gasteiger partial charge is 0.252 e. The predicted molar refractivity (Wildman–Crippen MR) is 109 cm³/mol. The van der Waals surface area contributed by atoms with Gasteiger partial charge in [0.2, 0.25) is 16.0 Å². The number of pyridine rings is 1. The van der Waals surface area contributed by atoms with Gasteiger partial charge in [-0.1, -0.05) is 13.3 Å². The molecular weight excluding hydrogens is 378 g/mol. The van der Waals surface area contributed by atoms with Crippen molar-refractivity contribution in [3.05, 3.63) is 28.7 Å². The summed E-state index contributed by atoms with van der Waals surface area (Å²) in [7, 11) is -4.94. The van der Waals surface area contributed by atoms with Crippen molar-refractivity contribution < 1.29 is 18.0 Å². The van der Waals surface area contributed by atoms with E-state index in [-0.39, 0.29) is 23.5 Å². The Bertz CT molecular complexity index is 1280. The van der Waals surface area contributed by atoms with Gasteiger partial charge in [0, 0.05) is 52.4 Å². The van der Waals surface area contributed by atoms with E-state index in [0.29, 0.717) is 15.3 Å². The van der Waals surface area contributed by atoms with E-state index in [2.05, 4.69) is 22.2 Å². The molecule has 1 saturated carbocycles. The van der Waals surface area contributed by atoms with E-state index in [1.807, 2.05) is 0 Å². The highest BCUT2D eigenvalue weighted by molar-refractivity contribution is 7.88. The van der Waals surface area contributed by atoms with E-state index in [0.717, 1.165) is 19.3 Å². The lowest BCUT2D eigenvalue weighted by molar-refractivity contribution is 0.331. The van der Waals surface area contributed by atoms with Gasteiger partial charge < -0.3 is 5.32 Å². The SMILES string of the molecule is [2H]C1([2H])CN(S(=O)(=O)C([2H])([2H])[2H])CC([2H])([2H])C1Nc1ncc2ccc(=O)n([C@@H]3CCC[C@@H]3C)c2n1. The predicted octanol–water partition coefficient (Wildman–Crippen LogP) is 1.99. The lowest BCUT2D eigenvalue weighted by Gasteiger charge is -2.30. The first kappa shape index (κ1) is 12.5. The second-order valence-electron chi connectivity index (χ2n) is 7.25. The topological polar surface area (TPSA) is 97.2 Å². The average Bonchev–Trinajstić information content (AvgIpc) is 3.14. The molecule has 1 N–H and O–H groups in total. The molecule has 2 fully saturated rings. The molecule has 2 aliphatic rings. The lowest BCUT2D eigenvalue weighted by Crippen LogP contribution is -2.42. The minimum atomic E-state index is -4.94. The van der Waals surface area contributed by atoms with E-state index in [1.54, 1.807) is 10.6 Å². The molecule has 1 aliphatic carbocycles. The molecule has 152 valence electrons. The van der Waals surface area contributed by atoms with Gasteiger partial charge in [0.05, 0.1) is 6.18 Å². The third kappa shape index (κ3) is 3.77. The lowest BCUT2D eigenvalue weighted by atomic mass is 10.1. The van der Waals surface area contributed by atoms with Gasteiger partial charge in [-0.05, 0) is 37.6 Å². The van der Waals surface area contributed by atoms with Crippen molar-refractivity contribution in [1.82, 2.24) is 18.8 Å². The van der Waals surface area contributed by atoms with Crippen molar-refractivity contribution in [2.45, 2.75) is 51.0 Å². The molecular formula is C19H27N5O3S. The Hall–Kier alpha value is -2.00. The Balaban J connectivity index is 1.70. The molecule has 0 spiro atoms. The molecule has 2 aromatic heterocycles. The van der Waals surface area contributed by atoms with Crippen LogP contribution in [0.15, 0.2) is 23.1 Å². The first-order chi connectivity index (χ1) is 16.0. The van der Waals surface area contributed by atoms with Crippen LogP contribution in [0.2, 0.25) is 0 Å². The first-order valence-electron chi connectivity index (χ1n) is 12.7. The van der Waals surface area contributed by atoms with Crippen LogP contribution in [0.25, 0.3) is 11.0 Å². The highest BCUT2D eigenvalue weighted by Gasteiger charge is 2.28. The van der Waals surface area contributed by atoms with E-state index >= 15 is 0 Å². The van der Waals surface area contributed by atoms with E-state index in [4.69, 9.17) is 9.60 Å². The number of hydrogen-bond donors (Lipinski definition) is 1. The summed E-state index contributed by atoms with van der Waals surface area (Å²) in [6.45, 7) is 0.346. The molecule has 8 nitrogen and oxygen atoms in total. The number of aromatic nitrogens is 3. The molecule has 4 rings (SSSR count). The Morgan fingerprint density at radius 1 is 1.29 bits per heavy atom. The monoisotopic (exact) mass is 412 g/mol. The number of hydrogen-bond acceptors (Lipinski definition) is 6. The average molecular weight is 413 g/mol. The standard InChI is InChI=1S/C19H27N5O3S/c1-13-4-3-5-16(13)24-17(25)7-6-14-12-20-19(22-18(14)24)21-15-8-10-23(11-9-15)28(2,26)27/h6-7,12-13,15-16H,3-5,8-11H2,1-2H3,(H,20,21,22)/t13-,16+/m0/s1/i2D3,8D2,9D2. The highest BCUT2D eigenvalue weighted by Crippen LogP contribution is 2.35. The zero-order chi connectivity index (χ0) is 26.0. The first-order valence-corrected chi connectivity index (χ1v) is 10.6. The Labute approximate surface area is 174 Å². The molecule has 0 unspecified atom stereocenters. The van der Waals surface area contributed by atoms with Crippen LogP contribution >= 0.6 is 0 Å². The van der Waals surface area contributed by atoms with Crippen LogP contribution in [-0.4, -0.2) is 52.6 Å². The summed E-state index contributed by atoms with van der Waals surface area (Å²) in [4.78, 5) is 21.3. The third-order valence-corrected chi connectivity index (χ3v) is 6.31. The molecule has 0 bridgehead atoms. The molecule has 9 heteroatoms. The molecule has 0 amide bonds. The minimum Gasteiger partial charge on any atom is -0.351 e. The van der Waals surface area contributed by atoms with Crippen molar-refractivity contribution in [1.29, 1.82) is 0 Å². The van der Waals surface area contributed by atoms with Crippen molar-refractivity contribution in [2.75, 3.05) is 24.6 Å². The second kappa shape index (κ2) is 7.44. The van der Waals surface area contributed by atoms with Gasteiger partial charge in [-0.2, -0.15) is 4.98 Å². The van der Waals surface area contributed by atoms with Crippen molar-refractivity contribution in [3.63, 3.8) is 0 Å². The fourth-order valence-corrected chi connectivity index (χ4v) is 4.34. The van der Waals surface area contributed by atoms with Gasteiger partial charge in [0.15, 0.2) is 0 Å². The van der Waals surface area contributed by atoms with Gasteiger partial charge in [-0.15, -0.1) is 0 Å². The fourth-order valence-electron chi connectivity index (χ4n) is 3.85. The number of sulfonamides is 1. The second-order valence-corrected chi connectivity index (χ2v) is 8.71. The largest absolute Gasteiger partial charge is 0.351 e. The molecule has 1 saturated heterocycles. The number of piperidine rings is 1. The molecule has 0 radical (unpaired) electrons. The molecule has 1 aliphatic heterocycles. The summed E-state index contributed by atoms with van der Waals surface area (Å²) in [5.41, 5.74) is 0.118. The van der Waals surface area contributed by atoms with E-state index in [9.17, 15) is 13.2 Å². The van der Waals surface area contributed by atoms with Gasteiger partial charge in [-0.3, -0.25) is 9.36 Å².